The van der Waals surface area contributed by atoms with Crippen LogP contribution in [0.25, 0.3) is 11.1 Å². The second-order valence-corrected chi connectivity index (χ2v) is 12.6. The Kier molecular flexibility index (Phi) is 8.12. The molecule has 0 spiro atoms. The number of rotatable bonds is 6. The minimum atomic E-state index is -1.23. The van der Waals surface area contributed by atoms with E-state index in [9.17, 15) is 23.9 Å². The molecule has 0 unspecified atom stereocenters. The predicted molar refractivity (Wildman–Crippen MR) is 161 cm³/mol. The molecule has 1 fully saturated rings. The normalized spacial score (nSPS) is 19.8. The van der Waals surface area contributed by atoms with Gasteiger partial charge in [-0.2, -0.15) is 0 Å². The Labute approximate surface area is 246 Å². The molecule has 0 bridgehead atoms. The van der Waals surface area contributed by atoms with Gasteiger partial charge < -0.3 is 19.5 Å². The Morgan fingerprint density at radius 2 is 1.64 bits per heavy atom. The van der Waals surface area contributed by atoms with Gasteiger partial charge in [0.05, 0.1) is 23.1 Å². The number of hydrogen-bond donors (Lipinski definition) is 1. The smallest absolute Gasteiger partial charge is 0.255 e. The van der Waals surface area contributed by atoms with Gasteiger partial charge in [-0.3, -0.25) is 14.4 Å². The molecule has 2 heterocycles. The summed E-state index contributed by atoms with van der Waals surface area (Å²) in [7, 11) is 1.67. The van der Waals surface area contributed by atoms with Crippen molar-refractivity contribution in [2.24, 2.45) is 5.41 Å². The Morgan fingerprint density at radius 3 is 2.31 bits per heavy atom. The fourth-order valence-electron chi connectivity index (χ4n) is 6.25. The maximum Gasteiger partial charge on any atom is 0.255 e. The second kappa shape index (κ2) is 11.5. The number of nitrogens with zero attached hydrogens (tertiary/aromatic N) is 3. The highest BCUT2D eigenvalue weighted by Gasteiger charge is 2.42. The van der Waals surface area contributed by atoms with E-state index in [1.807, 2.05) is 37.8 Å². The van der Waals surface area contributed by atoms with Crippen molar-refractivity contribution < 1.29 is 19.1 Å². The number of aryl methyl sites for hydroxylation is 1. The molecule has 2 amide bonds. The van der Waals surface area contributed by atoms with Crippen LogP contribution in [0.4, 0.5) is 4.39 Å². The number of hydrogen-bond acceptors (Lipinski definition) is 4. The Bertz CT molecular complexity index is 1560. The summed E-state index contributed by atoms with van der Waals surface area (Å²) in [6, 6.07) is 15.5. The molecule has 3 aromatic rings. The van der Waals surface area contributed by atoms with E-state index >= 15 is 0 Å². The molecule has 1 aliphatic heterocycles. The summed E-state index contributed by atoms with van der Waals surface area (Å²) in [4.78, 5) is 43.8. The molecule has 1 atom stereocenters. The average Bonchev–Trinajstić information content (AvgIpc) is 2.97. The highest BCUT2D eigenvalue weighted by molar-refractivity contribution is 6.00. The van der Waals surface area contributed by atoms with Gasteiger partial charge in [0.2, 0.25) is 5.91 Å². The van der Waals surface area contributed by atoms with Crippen LogP contribution in [0.15, 0.2) is 65.6 Å². The Hall–Kier alpha value is -3.78. The molecule has 42 heavy (non-hydrogen) atoms. The number of fused-ring (bicyclic) bond motifs is 1. The highest BCUT2D eigenvalue weighted by Crippen LogP contribution is 2.38. The molecule has 1 N–H and O–H groups in total. The number of carbonyl (C=O) groups is 2. The first-order valence-corrected chi connectivity index (χ1v) is 14.8. The van der Waals surface area contributed by atoms with Crippen molar-refractivity contribution >= 4 is 11.8 Å². The van der Waals surface area contributed by atoms with E-state index in [1.54, 1.807) is 25.2 Å². The summed E-state index contributed by atoms with van der Waals surface area (Å²) >= 11 is 0. The Morgan fingerprint density at radius 1 is 1.00 bits per heavy atom. The molecular formula is C34H40FN3O4. The van der Waals surface area contributed by atoms with Crippen LogP contribution in [0.3, 0.4) is 0 Å². The van der Waals surface area contributed by atoms with E-state index in [-0.39, 0.29) is 41.1 Å². The Balaban J connectivity index is 1.36. The summed E-state index contributed by atoms with van der Waals surface area (Å²) < 4.78 is 16.1. The van der Waals surface area contributed by atoms with Crippen molar-refractivity contribution in [3.05, 3.63) is 93.7 Å². The standard InChI is InChI=1S/C34H40FN3O4/c1-23(2)36(4)31(40)28-21-38(30(39)19-27(28)26-11-7-8-12-29(26)35)22-34(42)15-17-37(18-16-34)32(41)33(3)14-13-24-9-5-6-10-25(24)20-33/h5-12,19,21,23,42H,13-18,20,22H2,1-4H3/t33-/m1/s1. The number of likely N-dealkylation sites (tertiary alicyclic amines) is 1. The zero-order valence-electron chi connectivity index (χ0n) is 24.9. The molecule has 8 heteroatoms. The van der Waals surface area contributed by atoms with Crippen LogP contribution < -0.4 is 5.56 Å². The van der Waals surface area contributed by atoms with Gasteiger partial charge in [-0.15, -0.1) is 0 Å². The third-order valence-corrected chi connectivity index (χ3v) is 9.22. The lowest BCUT2D eigenvalue weighted by Gasteiger charge is -2.43. The quantitative estimate of drug-likeness (QED) is 0.464. The molecule has 0 saturated carbocycles. The lowest BCUT2D eigenvalue weighted by Crippen LogP contribution is -2.53. The number of benzene rings is 2. The van der Waals surface area contributed by atoms with Crippen molar-refractivity contribution in [1.82, 2.24) is 14.4 Å². The molecule has 222 valence electrons. The van der Waals surface area contributed by atoms with E-state index < -0.39 is 22.4 Å². The van der Waals surface area contributed by atoms with Crippen LogP contribution in [-0.4, -0.2) is 63.1 Å². The fraction of sp³-hybridized carbons (Fsp3) is 0.441. The number of carbonyl (C=O) groups excluding carboxylic acids is 2. The summed E-state index contributed by atoms with van der Waals surface area (Å²) in [5, 5.41) is 11.6. The third-order valence-electron chi connectivity index (χ3n) is 9.22. The first kappa shape index (κ1) is 29.7. The minimum Gasteiger partial charge on any atom is -0.388 e. The zero-order valence-corrected chi connectivity index (χ0v) is 24.9. The van der Waals surface area contributed by atoms with Gasteiger partial charge in [0, 0.05) is 49.6 Å². The van der Waals surface area contributed by atoms with E-state index in [0.29, 0.717) is 32.4 Å². The predicted octanol–water partition coefficient (Wildman–Crippen LogP) is 4.68. The van der Waals surface area contributed by atoms with Gasteiger partial charge in [0.1, 0.15) is 5.82 Å². The number of aromatic nitrogens is 1. The zero-order chi connectivity index (χ0) is 30.2. The molecule has 1 saturated heterocycles. The number of amides is 2. The SMILES string of the molecule is CC(C)N(C)C(=O)c1cn(CC2(O)CCN(C(=O)[C@]3(C)CCc4ccccc4C3)CC2)c(=O)cc1-c1ccccc1F. The van der Waals surface area contributed by atoms with Gasteiger partial charge in [0.15, 0.2) is 0 Å². The molecule has 0 radical (unpaired) electrons. The maximum absolute atomic E-state index is 14.8. The van der Waals surface area contributed by atoms with Gasteiger partial charge >= 0.3 is 0 Å². The summed E-state index contributed by atoms with van der Waals surface area (Å²) in [5.74, 6) is -0.761. The first-order valence-electron chi connectivity index (χ1n) is 14.8. The molecular weight excluding hydrogens is 533 g/mol. The molecule has 1 aliphatic carbocycles. The fourth-order valence-corrected chi connectivity index (χ4v) is 6.25. The van der Waals surface area contributed by atoms with E-state index in [4.69, 9.17) is 0 Å². The van der Waals surface area contributed by atoms with Crippen molar-refractivity contribution in [2.45, 2.75) is 71.1 Å². The number of aliphatic hydroxyl groups is 1. The summed E-state index contributed by atoms with van der Waals surface area (Å²) in [5.41, 5.74) is 0.966. The molecule has 2 aromatic carbocycles. The van der Waals surface area contributed by atoms with Crippen molar-refractivity contribution in [1.29, 1.82) is 0 Å². The largest absolute Gasteiger partial charge is 0.388 e. The maximum atomic E-state index is 14.8. The highest BCUT2D eigenvalue weighted by atomic mass is 19.1. The second-order valence-electron chi connectivity index (χ2n) is 12.6. The van der Waals surface area contributed by atoms with Crippen molar-refractivity contribution in [2.75, 3.05) is 20.1 Å². The van der Waals surface area contributed by atoms with Crippen LogP contribution in [0.2, 0.25) is 0 Å². The molecule has 7 nitrogen and oxygen atoms in total. The average molecular weight is 574 g/mol. The van der Waals surface area contributed by atoms with E-state index in [2.05, 4.69) is 12.1 Å². The molecule has 1 aromatic heterocycles. The van der Waals surface area contributed by atoms with Gasteiger partial charge in [-0.05, 0) is 63.1 Å². The van der Waals surface area contributed by atoms with Crippen molar-refractivity contribution in [3.8, 4) is 11.1 Å². The topological polar surface area (TPSA) is 82.8 Å². The number of halogens is 1. The minimum absolute atomic E-state index is 0.0261. The van der Waals surface area contributed by atoms with Crippen LogP contribution in [-0.2, 0) is 24.2 Å². The van der Waals surface area contributed by atoms with Crippen LogP contribution in [0.1, 0.15) is 61.5 Å². The lowest BCUT2D eigenvalue weighted by atomic mass is 9.71. The molecule has 2 aliphatic rings. The van der Waals surface area contributed by atoms with Crippen LogP contribution >= 0.6 is 0 Å². The van der Waals surface area contributed by atoms with Gasteiger partial charge in [-0.1, -0.05) is 49.4 Å². The third kappa shape index (κ3) is 5.77. The molecule has 5 rings (SSSR count). The first-order chi connectivity index (χ1) is 19.9. The monoisotopic (exact) mass is 573 g/mol. The van der Waals surface area contributed by atoms with E-state index in [0.717, 1.165) is 12.8 Å². The summed E-state index contributed by atoms with van der Waals surface area (Å²) in [6.45, 7) is 6.53. The van der Waals surface area contributed by atoms with Crippen LogP contribution in [0.5, 0.6) is 0 Å². The lowest BCUT2D eigenvalue weighted by molar-refractivity contribution is -0.146. The summed E-state index contributed by atoms with van der Waals surface area (Å²) in [6.07, 6.45) is 4.42. The number of piperidine rings is 1. The number of pyridine rings is 1. The van der Waals surface area contributed by atoms with Gasteiger partial charge in [-0.25, -0.2) is 4.39 Å². The van der Waals surface area contributed by atoms with Crippen LogP contribution in [0, 0.1) is 11.2 Å². The van der Waals surface area contributed by atoms with Crippen molar-refractivity contribution in [3.63, 3.8) is 0 Å². The van der Waals surface area contributed by atoms with E-state index in [1.165, 1.54) is 38.9 Å². The van der Waals surface area contributed by atoms with Gasteiger partial charge in [0.25, 0.3) is 11.5 Å².